The molecule has 0 aliphatic carbocycles. The highest BCUT2D eigenvalue weighted by atomic mass is 32.1. The van der Waals surface area contributed by atoms with Crippen LogP contribution >= 0.6 is 12.2 Å². The van der Waals surface area contributed by atoms with Gasteiger partial charge in [-0.15, -0.1) is 0 Å². The van der Waals surface area contributed by atoms with E-state index < -0.39 is 0 Å². The number of nitrogens with one attached hydrogen (secondary N) is 4. The molecular formula is C57H79N5S. The lowest BCUT2D eigenvalue weighted by Gasteiger charge is -2.25. The number of thiocarbonyl (C=S) groups is 1. The summed E-state index contributed by atoms with van der Waals surface area (Å²) in [5.41, 5.74) is 38.2. The number of guanidine groups is 1. The fourth-order valence-electron chi connectivity index (χ4n) is 9.09. The van der Waals surface area contributed by atoms with Crippen molar-refractivity contribution in [3.8, 4) is 0 Å². The first kappa shape index (κ1) is 50.7. The number of nitrogens with zero attached hydrogens (tertiary/aromatic N) is 1. The van der Waals surface area contributed by atoms with Gasteiger partial charge in [0.1, 0.15) is 0 Å². The lowest BCUT2D eigenvalue weighted by atomic mass is 9.92. The number of hydrogen-bond donors (Lipinski definition) is 4. The summed E-state index contributed by atoms with van der Waals surface area (Å²) >= 11 is 5.67. The van der Waals surface area contributed by atoms with Crippen LogP contribution in [0.25, 0.3) is 0 Å². The van der Waals surface area contributed by atoms with Gasteiger partial charge in [0, 0.05) is 22.7 Å². The second-order valence-corrected chi connectivity index (χ2v) is 19.2. The van der Waals surface area contributed by atoms with Crippen LogP contribution in [0.5, 0.6) is 0 Å². The summed E-state index contributed by atoms with van der Waals surface area (Å²) in [6.07, 6.45) is 0. The summed E-state index contributed by atoms with van der Waals surface area (Å²) < 4.78 is 0. The Morgan fingerprint density at radius 2 is 0.397 bits per heavy atom. The van der Waals surface area contributed by atoms with Crippen molar-refractivity contribution in [3.63, 3.8) is 0 Å². The zero-order valence-electron chi connectivity index (χ0n) is 43.9. The molecule has 0 saturated heterocycles. The van der Waals surface area contributed by atoms with Crippen molar-refractivity contribution in [2.75, 3.05) is 21.3 Å². The van der Waals surface area contributed by atoms with E-state index in [0.717, 1.165) is 34.4 Å². The molecule has 0 spiro atoms. The van der Waals surface area contributed by atoms with E-state index in [4.69, 9.17) is 17.2 Å². The molecular weight excluding hydrogens is 787 g/mol. The van der Waals surface area contributed by atoms with E-state index in [1.807, 2.05) is 0 Å². The topological polar surface area (TPSA) is 60.5 Å². The van der Waals surface area contributed by atoms with Gasteiger partial charge in [-0.3, -0.25) is 0 Å². The summed E-state index contributed by atoms with van der Waals surface area (Å²) in [7, 11) is 0. The maximum Gasteiger partial charge on any atom is 0.205 e. The van der Waals surface area contributed by atoms with Crippen LogP contribution in [0.1, 0.15) is 139 Å². The molecule has 4 N–H and O–H groups in total. The van der Waals surface area contributed by atoms with Gasteiger partial charge in [0.25, 0.3) is 0 Å². The molecule has 0 aromatic heterocycles. The largest absolute Gasteiger partial charge is 0.332 e. The van der Waals surface area contributed by atoms with Gasteiger partial charge >= 0.3 is 0 Å². The Labute approximate surface area is 388 Å². The van der Waals surface area contributed by atoms with Crippen LogP contribution in [0.4, 0.5) is 28.4 Å². The van der Waals surface area contributed by atoms with Crippen molar-refractivity contribution < 1.29 is 0 Å². The fourth-order valence-corrected chi connectivity index (χ4v) is 9.30. The van der Waals surface area contributed by atoms with E-state index in [0.29, 0.717) is 5.11 Å². The van der Waals surface area contributed by atoms with Crippen molar-refractivity contribution in [1.82, 2.24) is 0 Å². The second-order valence-electron chi connectivity index (χ2n) is 18.8. The normalized spacial score (nSPS) is 11.0. The van der Waals surface area contributed by atoms with Gasteiger partial charge in [0.05, 0.1) is 5.69 Å². The molecule has 0 atom stereocenters. The minimum absolute atomic E-state index is 0.646. The third-order valence-electron chi connectivity index (χ3n) is 16.1. The molecule has 5 rings (SSSR count). The highest BCUT2D eigenvalue weighted by Gasteiger charge is 2.20. The standard InChI is InChI=1S/C34H47N3.C23H32N2S/c1-16-19(4)25(10)31(26(11)20(16)5)35-34(36-32-27(12)21(6)17(2)22(7)28(32)13)37-33-29(14)23(8)18(3)24(9)30(33)15;1-11-13(3)17(7)21(18(8)14(11)4)24-23(26)25-22-19(9)15(5)12(2)16(6)20(22)10/h1-15H3,(H2,35,36,37);1-10H3,(H2,24,25,26). The molecule has 5 nitrogen and oxygen atoms in total. The highest BCUT2D eigenvalue weighted by Crippen LogP contribution is 2.37. The number of aliphatic imine (C=N–C) groups is 1. The summed E-state index contributed by atoms with van der Waals surface area (Å²) in [6, 6.07) is 0. The average molecular weight is 866 g/mol. The van der Waals surface area contributed by atoms with E-state index in [-0.39, 0.29) is 0 Å². The minimum Gasteiger partial charge on any atom is -0.332 e. The Hall–Kier alpha value is -4.94. The zero-order chi connectivity index (χ0) is 48.0. The summed E-state index contributed by atoms with van der Waals surface area (Å²) in [6.45, 7) is 54.9. The molecule has 0 amide bonds. The van der Waals surface area contributed by atoms with Gasteiger partial charge in [0.2, 0.25) is 5.96 Å². The molecule has 5 aromatic carbocycles. The minimum atomic E-state index is 0.646. The Morgan fingerprint density at radius 3 is 0.603 bits per heavy atom. The van der Waals surface area contributed by atoms with Gasteiger partial charge < -0.3 is 21.3 Å². The lowest BCUT2D eigenvalue weighted by molar-refractivity contribution is 1.15. The van der Waals surface area contributed by atoms with Crippen molar-refractivity contribution in [1.29, 1.82) is 0 Å². The predicted molar refractivity (Wildman–Crippen MR) is 285 cm³/mol. The van der Waals surface area contributed by atoms with Crippen molar-refractivity contribution in [2.45, 2.75) is 173 Å². The molecule has 0 unspecified atom stereocenters. The van der Waals surface area contributed by atoms with E-state index in [1.54, 1.807) is 0 Å². The van der Waals surface area contributed by atoms with E-state index in [2.05, 4.69) is 194 Å². The third kappa shape index (κ3) is 9.48. The van der Waals surface area contributed by atoms with E-state index >= 15 is 0 Å². The fraction of sp³-hybridized carbons (Fsp3) is 0.439. The van der Waals surface area contributed by atoms with Gasteiger partial charge in [-0.25, -0.2) is 4.99 Å². The Kier molecular flexibility index (Phi) is 15.6. The Bertz CT molecular complexity index is 2430. The van der Waals surface area contributed by atoms with Gasteiger partial charge in [-0.2, -0.15) is 0 Å². The summed E-state index contributed by atoms with van der Waals surface area (Å²) in [5.74, 6) is 0.761. The summed E-state index contributed by atoms with van der Waals surface area (Å²) in [5, 5.41) is 15.1. The highest BCUT2D eigenvalue weighted by molar-refractivity contribution is 7.80. The first-order valence-electron chi connectivity index (χ1n) is 22.7. The van der Waals surface area contributed by atoms with E-state index in [9.17, 15) is 0 Å². The van der Waals surface area contributed by atoms with Crippen LogP contribution in [0.15, 0.2) is 4.99 Å². The van der Waals surface area contributed by atoms with Crippen LogP contribution in [-0.4, -0.2) is 11.1 Å². The molecule has 0 saturated carbocycles. The van der Waals surface area contributed by atoms with E-state index in [1.165, 1.54) is 139 Å². The second kappa shape index (κ2) is 19.4. The molecule has 0 bridgehead atoms. The van der Waals surface area contributed by atoms with Gasteiger partial charge in [0.15, 0.2) is 5.11 Å². The maximum atomic E-state index is 5.67. The quantitative estimate of drug-likeness (QED) is 0.0805. The Balaban J connectivity index is 0.000000294. The molecule has 6 heteroatoms. The van der Waals surface area contributed by atoms with Crippen LogP contribution in [0.2, 0.25) is 0 Å². The van der Waals surface area contributed by atoms with Gasteiger partial charge in [-0.05, 0) is 324 Å². The third-order valence-corrected chi connectivity index (χ3v) is 16.4. The molecule has 0 radical (unpaired) electrons. The smallest absolute Gasteiger partial charge is 0.205 e. The molecule has 0 heterocycles. The number of benzene rings is 5. The van der Waals surface area contributed by atoms with Crippen molar-refractivity contribution >= 4 is 51.7 Å². The Morgan fingerprint density at radius 1 is 0.238 bits per heavy atom. The predicted octanol–water partition coefficient (Wildman–Crippen LogP) is 16.1. The molecule has 0 aliphatic heterocycles. The van der Waals surface area contributed by atoms with Crippen LogP contribution in [-0.2, 0) is 0 Å². The first-order valence-corrected chi connectivity index (χ1v) is 23.1. The van der Waals surface area contributed by atoms with Gasteiger partial charge in [-0.1, -0.05) is 0 Å². The van der Waals surface area contributed by atoms with Crippen molar-refractivity contribution in [3.05, 3.63) is 139 Å². The average Bonchev–Trinajstić information content (AvgIpc) is 3.26. The molecule has 0 aliphatic rings. The molecule has 63 heavy (non-hydrogen) atoms. The summed E-state index contributed by atoms with van der Waals surface area (Å²) in [4.78, 5) is 5.33. The number of anilines is 4. The zero-order valence-corrected chi connectivity index (χ0v) is 44.7. The van der Waals surface area contributed by atoms with Crippen LogP contribution < -0.4 is 21.3 Å². The molecule has 338 valence electrons. The number of rotatable bonds is 5. The molecule has 5 aromatic rings. The molecule has 0 fully saturated rings. The van der Waals surface area contributed by atoms with Crippen molar-refractivity contribution in [2.24, 2.45) is 4.99 Å². The van der Waals surface area contributed by atoms with Crippen LogP contribution in [0, 0.1) is 173 Å². The monoisotopic (exact) mass is 866 g/mol. The number of hydrogen-bond acceptors (Lipinski definition) is 2. The SMILES string of the molecule is Cc1c(C)c(C)c(N=C(Nc2c(C)c(C)c(C)c(C)c2C)Nc2c(C)c(C)c(C)c(C)c2C)c(C)c1C.Cc1c(C)c(C)c(NC(=S)Nc2c(C)c(C)c(C)c(C)c2C)c(C)c1C. The van der Waals surface area contributed by atoms with Crippen LogP contribution in [0.3, 0.4) is 0 Å². The first-order chi connectivity index (χ1) is 29.1. The lowest BCUT2D eigenvalue weighted by Crippen LogP contribution is -2.25. The maximum absolute atomic E-state index is 5.67.